The number of alkyl halides is 2. The summed E-state index contributed by atoms with van der Waals surface area (Å²) in [7, 11) is 1.64. The van der Waals surface area contributed by atoms with Crippen molar-refractivity contribution in [2.45, 2.75) is 25.7 Å². The Balaban J connectivity index is 1.27. The van der Waals surface area contributed by atoms with Gasteiger partial charge in [0.05, 0.1) is 17.1 Å². The molecule has 2 aliphatic heterocycles. The van der Waals surface area contributed by atoms with Crippen molar-refractivity contribution in [1.82, 2.24) is 9.78 Å². The molecule has 2 unspecified atom stereocenters. The molecule has 0 saturated heterocycles. The first-order chi connectivity index (χ1) is 23.1. The van der Waals surface area contributed by atoms with Gasteiger partial charge in [-0.15, -0.1) is 23.2 Å². The molecular weight excluding hydrogens is 651 g/mol. The van der Waals surface area contributed by atoms with E-state index in [0.29, 0.717) is 47.6 Å². The van der Waals surface area contributed by atoms with Gasteiger partial charge in [-0.05, 0) is 28.8 Å². The molecule has 0 fully saturated rings. The summed E-state index contributed by atoms with van der Waals surface area (Å²) in [5.74, 6) is 0.599. The first kappa shape index (κ1) is 31.7. The van der Waals surface area contributed by atoms with Gasteiger partial charge in [-0.2, -0.15) is 5.10 Å². The largest absolute Gasteiger partial charge is 0.462 e. The molecule has 11 heteroatoms. The number of amides is 2. The average molecular weight is 684 g/mol. The van der Waals surface area contributed by atoms with Crippen LogP contribution in [0, 0.1) is 0 Å². The van der Waals surface area contributed by atoms with Gasteiger partial charge in [0.25, 0.3) is 11.8 Å². The Kier molecular flexibility index (Phi) is 8.13. The van der Waals surface area contributed by atoms with Crippen LogP contribution in [0.3, 0.4) is 0 Å². The van der Waals surface area contributed by atoms with Crippen molar-refractivity contribution in [2.24, 2.45) is 7.05 Å². The van der Waals surface area contributed by atoms with Gasteiger partial charge >= 0.3 is 5.97 Å². The van der Waals surface area contributed by atoms with Gasteiger partial charge in [-0.1, -0.05) is 55.1 Å². The van der Waals surface area contributed by atoms with E-state index in [1.807, 2.05) is 54.6 Å². The molecule has 1 aromatic heterocycles. The van der Waals surface area contributed by atoms with Crippen LogP contribution in [0.1, 0.15) is 57.8 Å². The van der Waals surface area contributed by atoms with Gasteiger partial charge < -0.3 is 19.3 Å². The number of rotatable bonds is 7. The standard InChI is InChI=1S/C37H32Cl2N4O5/c1-20(2)47-32-14-30-35(26-11-7-5-9-24(26)32)23(17-39)19-43(30)37(46)31-13-28(40-41(31)4)36(45)42-18-22(16-38)34-27-12-8-6-10-25(27)33(15-29(34)42)48-21(3)44/h5-15,22-23H,1,16-19H2,2-4H3. The summed E-state index contributed by atoms with van der Waals surface area (Å²) < 4.78 is 13.0. The molecular formula is C37H32Cl2N4O5. The molecule has 7 rings (SSSR count). The van der Waals surface area contributed by atoms with Crippen LogP contribution in [-0.2, 0) is 11.8 Å². The number of hydrogen-bond acceptors (Lipinski definition) is 6. The van der Waals surface area contributed by atoms with Gasteiger partial charge in [0.15, 0.2) is 5.69 Å². The molecule has 0 saturated carbocycles. The molecule has 0 aliphatic carbocycles. The number of anilines is 2. The van der Waals surface area contributed by atoms with Crippen molar-refractivity contribution in [2.75, 3.05) is 34.6 Å². The van der Waals surface area contributed by atoms with Gasteiger partial charge in [0, 0.05) is 79.6 Å². The van der Waals surface area contributed by atoms with Crippen LogP contribution in [-0.4, -0.2) is 52.4 Å². The van der Waals surface area contributed by atoms with E-state index in [0.717, 1.165) is 32.7 Å². The second kappa shape index (κ2) is 12.3. The maximum Gasteiger partial charge on any atom is 0.308 e. The topological polar surface area (TPSA) is 94.0 Å². The average Bonchev–Trinajstić information content (AvgIpc) is 3.77. The smallest absolute Gasteiger partial charge is 0.308 e. The Morgan fingerprint density at radius 1 is 0.771 bits per heavy atom. The number of aryl methyl sites for hydroxylation is 1. The quantitative estimate of drug-likeness (QED) is 0.0763. The molecule has 0 bridgehead atoms. The number of benzene rings is 4. The summed E-state index contributed by atoms with van der Waals surface area (Å²) in [4.78, 5) is 43.7. The summed E-state index contributed by atoms with van der Waals surface area (Å²) >= 11 is 12.9. The fourth-order valence-corrected chi connectivity index (χ4v) is 7.53. The number of carbonyl (C=O) groups is 3. The lowest BCUT2D eigenvalue weighted by molar-refractivity contribution is -0.131. The fourth-order valence-electron chi connectivity index (χ4n) is 7.02. The highest BCUT2D eigenvalue weighted by Crippen LogP contribution is 2.48. The zero-order valence-corrected chi connectivity index (χ0v) is 28.1. The summed E-state index contributed by atoms with van der Waals surface area (Å²) in [6.07, 6.45) is 0. The van der Waals surface area contributed by atoms with E-state index in [9.17, 15) is 14.4 Å². The van der Waals surface area contributed by atoms with Crippen molar-refractivity contribution in [3.05, 3.63) is 102 Å². The lowest BCUT2D eigenvalue weighted by atomic mass is 9.95. The zero-order valence-electron chi connectivity index (χ0n) is 26.6. The van der Waals surface area contributed by atoms with Crippen molar-refractivity contribution < 1.29 is 23.9 Å². The maximum atomic E-state index is 14.3. The second-order valence-electron chi connectivity index (χ2n) is 12.2. The maximum absolute atomic E-state index is 14.3. The SMILES string of the molecule is C=C(C)Oc1cc2c(c3ccccc13)C(CCl)CN2C(=O)c1cc(C(=O)N2CC(CCl)c3c2cc(OC(C)=O)c2ccccc32)nn1C. The van der Waals surface area contributed by atoms with E-state index in [4.69, 9.17) is 32.7 Å². The number of aromatic nitrogens is 2. The monoisotopic (exact) mass is 682 g/mol. The fraction of sp³-hybridized carbons (Fsp3) is 0.243. The molecule has 48 heavy (non-hydrogen) atoms. The highest BCUT2D eigenvalue weighted by atomic mass is 35.5. The minimum Gasteiger partial charge on any atom is -0.462 e. The molecule has 5 aromatic rings. The van der Waals surface area contributed by atoms with Crippen molar-refractivity contribution in [1.29, 1.82) is 0 Å². The van der Waals surface area contributed by atoms with Crippen LogP contribution in [0.25, 0.3) is 21.5 Å². The summed E-state index contributed by atoms with van der Waals surface area (Å²) in [6.45, 7) is 7.67. The lowest BCUT2D eigenvalue weighted by Gasteiger charge is -2.19. The number of carbonyl (C=O) groups excluding carboxylic acids is 3. The summed E-state index contributed by atoms with van der Waals surface area (Å²) in [5, 5.41) is 7.97. The van der Waals surface area contributed by atoms with E-state index in [1.165, 1.54) is 17.7 Å². The molecule has 9 nitrogen and oxygen atoms in total. The van der Waals surface area contributed by atoms with Crippen LogP contribution in [0.15, 0.2) is 79.1 Å². The van der Waals surface area contributed by atoms with Crippen LogP contribution < -0.4 is 19.3 Å². The van der Waals surface area contributed by atoms with E-state index in [2.05, 4.69) is 11.7 Å². The Morgan fingerprint density at radius 3 is 1.73 bits per heavy atom. The first-order valence-corrected chi connectivity index (χ1v) is 16.6. The molecule has 4 aromatic carbocycles. The molecule has 3 heterocycles. The molecule has 0 radical (unpaired) electrons. The van der Waals surface area contributed by atoms with Crippen molar-refractivity contribution in [3.8, 4) is 11.5 Å². The van der Waals surface area contributed by atoms with Gasteiger partial charge in [0.2, 0.25) is 0 Å². The van der Waals surface area contributed by atoms with Gasteiger partial charge in [-0.3, -0.25) is 19.1 Å². The number of esters is 1. The Hall–Kier alpha value is -4.86. The van der Waals surface area contributed by atoms with Gasteiger partial charge in [0.1, 0.15) is 17.2 Å². The van der Waals surface area contributed by atoms with Crippen LogP contribution in [0.4, 0.5) is 11.4 Å². The third-order valence-corrected chi connectivity index (χ3v) is 9.72. The molecule has 2 atom stereocenters. The van der Waals surface area contributed by atoms with Crippen LogP contribution in [0.5, 0.6) is 11.5 Å². The highest BCUT2D eigenvalue weighted by Gasteiger charge is 2.39. The predicted octanol–water partition coefficient (Wildman–Crippen LogP) is 7.53. The third-order valence-electron chi connectivity index (χ3n) is 8.98. The normalized spacial score (nSPS) is 16.7. The molecule has 2 amide bonds. The lowest BCUT2D eigenvalue weighted by Crippen LogP contribution is -2.31. The number of halogens is 2. The second-order valence-corrected chi connectivity index (χ2v) is 12.8. The molecule has 0 spiro atoms. The predicted molar refractivity (Wildman–Crippen MR) is 188 cm³/mol. The number of ether oxygens (including phenoxy) is 2. The Labute approximate surface area is 287 Å². The number of nitrogens with zero attached hydrogens (tertiary/aromatic N) is 4. The van der Waals surface area contributed by atoms with Crippen molar-refractivity contribution in [3.63, 3.8) is 0 Å². The first-order valence-electron chi connectivity index (χ1n) is 15.5. The number of hydrogen-bond donors (Lipinski definition) is 0. The van der Waals surface area contributed by atoms with Crippen LogP contribution in [0.2, 0.25) is 0 Å². The van der Waals surface area contributed by atoms with Crippen LogP contribution >= 0.6 is 23.2 Å². The highest BCUT2D eigenvalue weighted by molar-refractivity contribution is 6.20. The van der Waals surface area contributed by atoms with Gasteiger partial charge in [-0.25, -0.2) is 0 Å². The van der Waals surface area contributed by atoms with E-state index >= 15 is 0 Å². The van der Waals surface area contributed by atoms with E-state index < -0.39 is 11.9 Å². The molecule has 244 valence electrons. The summed E-state index contributed by atoms with van der Waals surface area (Å²) in [5.41, 5.74) is 3.49. The Bertz CT molecular complexity index is 2180. The number of fused-ring (bicyclic) bond motifs is 6. The minimum atomic E-state index is -0.469. The third kappa shape index (κ3) is 5.18. The van der Waals surface area contributed by atoms with E-state index in [-0.39, 0.29) is 35.0 Å². The zero-order chi connectivity index (χ0) is 33.9. The minimum absolute atomic E-state index is 0.0994. The Morgan fingerprint density at radius 2 is 1.25 bits per heavy atom. The van der Waals surface area contributed by atoms with Crippen molar-refractivity contribution >= 4 is 73.9 Å². The molecule has 2 aliphatic rings. The van der Waals surface area contributed by atoms with E-state index in [1.54, 1.807) is 29.8 Å². The number of allylic oxidation sites excluding steroid dienone is 1. The summed E-state index contributed by atoms with van der Waals surface area (Å²) in [6, 6.07) is 20.5. The molecule has 0 N–H and O–H groups in total.